The van der Waals surface area contributed by atoms with Gasteiger partial charge >= 0.3 is 5.97 Å². The van der Waals surface area contributed by atoms with Gasteiger partial charge in [-0.1, -0.05) is 25.2 Å². The molecule has 0 aliphatic carbocycles. The number of carboxylic acid groups (broad SMARTS) is 1. The summed E-state index contributed by atoms with van der Waals surface area (Å²) in [6, 6.07) is 0. The Morgan fingerprint density at radius 2 is 2.15 bits per heavy atom. The van der Waals surface area contributed by atoms with Gasteiger partial charge in [-0.15, -0.1) is 0 Å². The number of aliphatic hydroxyl groups is 1. The van der Waals surface area contributed by atoms with Gasteiger partial charge in [-0.3, -0.25) is 0 Å². The van der Waals surface area contributed by atoms with Gasteiger partial charge in [-0.25, -0.2) is 4.79 Å². The molecule has 0 heterocycles. The van der Waals surface area contributed by atoms with Crippen molar-refractivity contribution in [3.05, 3.63) is 24.3 Å². The Kier molecular flexibility index (Phi) is 6.92. The lowest BCUT2D eigenvalue weighted by atomic mass is 10.1. The fourth-order valence-electron chi connectivity index (χ4n) is 0.805. The number of hydrogen-bond acceptors (Lipinski definition) is 2. The molecular formula is C10H16O3. The van der Waals surface area contributed by atoms with Gasteiger partial charge < -0.3 is 10.2 Å². The molecule has 0 rings (SSSR count). The molecule has 0 aromatic heterocycles. The maximum atomic E-state index is 10.0. The first-order chi connectivity index (χ1) is 6.16. The Bertz CT molecular complexity index is 194. The number of carbonyl (C=O) groups is 1. The van der Waals surface area contributed by atoms with Crippen molar-refractivity contribution in [1.29, 1.82) is 0 Å². The summed E-state index contributed by atoms with van der Waals surface area (Å²) in [5.41, 5.74) is 0. The number of hydrogen-bond donors (Lipinski definition) is 2. The largest absolute Gasteiger partial charge is 0.478 e. The van der Waals surface area contributed by atoms with E-state index in [9.17, 15) is 4.79 Å². The molecule has 0 saturated heterocycles. The van der Waals surface area contributed by atoms with Gasteiger partial charge in [-0.2, -0.15) is 0 Å². The molecule has 0 bridgehead atoms. The van der Waals surface area contributed by atoms with E-state index in [-0.39, 0.29) is 6.10 Å². The van der Waals surface area contributed by atoms with Crippen molar-refractivity contribution < 1.29 is 15.0 Å². The zero-order chi connectivity index (χ0) is 10.1. The third kappa shape index (κ3) is 8.82. The van der Waals surface area contributed by atoms with Crippen LogP contribution in [-0.4, -0.2) is 22.3 Å². The first-order valence-corrected chi connectivity index (χ1v) is 4.41. The van der Waals surface area contributed by atoms with Crippen LogP contribution >= 0.6 is 0 Å². The van der Waals surface area contributed by atoms with Crippen LogP contribution in [-0.2, 0) is 4.79 Å². The Balaban J connectivity index is 3.47. The maximum Gasteiger partial charge on any atom is 0.328 e. The quantitative estimate of drug-likeness (QED) is 0.488. The molecule has 0 aromatic carbocycles. The van der Waals surface area contributed by atoms with E-state index in [1.807, 2.05) is 13.0 Å². The van der Waals surface area contributed by atoms with Crippen LogP contribution in [0.1, 0.15) is 26.2 Å². The molecule has 1 atom stereocenters. The van der Waals surface area contributed by atoms with Crippen molar-refractivity contribution in [2.24, 2.45) is 0 Å². The van der Waals surface area contributed by atoms with E-state index < -0.39 is 5.97 Å². The van der Waals surface area contributed by atoms with Gasteiger partial charge in [0.05, 0.1) is 6.10 Å². The van der Waals surface area contributed by atoms with Crippen molar-refractivity contribution >= 4 is 5.97 Å². The fraction of sp³-hybridized carbons (Fsp3) is 0.500. The lowest BCUT2D eigenvalue weighted by Crippen LogP contribution is -2.02. The van der Waals surface area contributed by atoms with Crippen LogP contribution in [0.3, 0.4) is 0 Å². The number of allylic oxidation sites excluding steroid dienone is 3. The normalized spacial score (nSPS) is 14.0. The Hall–Kier alpha value is -1.09. The minimum Gasteiger partial charge on any atom is -0.478 e. The molecule has 1 unspecified atom stereocenters. The van der Waals surface area contributed by atoms with Gasteiger partial charge in [-0.05, 0) is 19.3 Å². The van der Waals surface area contributed by atoms with Crippen molar-refractivity contribution in [2.75, 3.05) is 0 Å². The second-order valence-corrected chi connectivity index (χ2v) is 2.76. The highest BCUT2D eigenvalue weighted by Gasteiger charge is 1.96. The SMILES string of the molecule is CCC(O)CC/C=C\C=C\C(=O)O. The molecule has 0 aromatic rings. The summed E-state index contributed by atoms with van der Waals surface area (Å²) in [6.45, 7) is 1.93. The van der Waals surface area contributed by atoms with E-state index in [1.54, 1.807) is 6.08 Å². The van der Waals surface area contributed by atoms with Crippen molar-refractivity contribution in [3.8, 4) is 0 Å². The average molecular weight is 184 g/mol. The molecule has 0 fully saturated rings. The molecule has 0 spiro atoms. The third-order valence-electron chi connectivity index (χ3n) is 1.62. The van der Waals surface area contributed by atoms with Gasteiger partial charge in [0, 0.05) is 6.08 Å². The van der Waals surface area contributed by atoms with Crippen LogP contribution < -0.4 is 0 Å². The zero-order valence-corrected chi connectivity index (χ0v) is 7.81. The number of aliphatic carboxylic acids is 1. The molecular weight excluding hydrogens is 168 g/mol. The topological polar surface area (TPSA) is 57.5 Å². The monoisotopic (exact) mass is 184 g/mol. The summed E-state index contributed by atoms with van der Waals surface area (Å²) in [6.07, 6.45) is 8.10. The summed E-state index contributed by atoms with van der Waals surface area (Å²) < 4.78 is 0. The first kappa shape index (κ1) is 11.9. The second kappa shape index (κ2) is 7.55. The van der Waals surface area contributed by atoms with Crippen LogP contribution in [0.5, 0.6) is 0 Å². The van der Waals surface area contributed by atoms with Gasteiger partial charge in [0.1, 0.15) is 0 Å². The summed E-state index contributed by atoms with van der Waals surface area (Å²) >= 11 is 0. The summed E-state index contributed by atoms with van der Waals surface area (Å²) in [7, 11) is 0. The predicted molar refractivity (Wildman–Crippen MR) is 51.4 cm³/mol. The van der Waals surface area contributed by atoms with Crippen molar-refractivity contribution in [2.45, 2.75) is 32.3 Å². The van der Waals surface area contributed by atoms with Gasteiger partial charge in [0.2, 0.25) is 0 Å². The molecule has 0 aliphatic rings. The molecule has 0 amide bonds. The molecule has 0 radical (unpaired) electrons. The lowest BCUT2D eigenvalue weighted by Gasteiger charge is -2.02. The lowest BCUT2D eigenvalue weighted by molar-refractivity contribution is -0.131. The highest BCUT2D eigenvalue weighted by molar-refractivity contribution is 5.80. The highest BCUT2D eigenvalue weighted by atomic mass is 16.4. The molecule has 13 heavy (non-hydrogen) atoms. The van der Waals surface area contributed by atoms with Crippen LogP contribution in [0.4, 0.5) is 0 Å². The van der Waals surface area contributed by atoms with Crippen molar-refractivity contribution in [1.82, 2.24) is 0 Å². The van der Waals surface area contributed by atoms with Gasteiger partial charge in [0.25, 0.3) is 0 Å². The summed E-state index contributed by atoms with van der Waals surface area (Å²) in [5, 5.41) is 17.4. The number of carboxylic acids is 1. The van der Waals surface area contributed by atoms with Crippen LogP contribution in [0.25, 0.3) is 0 Å². The summed E-state index contributed by atoms with van der Waals surface area (Å²) in [4.78, 5) is 10.0. The Morgan fingerprint density at radius 1 is 1.46 bits per heavy atom. The first-order valence-electron chi connectivity index (χ1n) is 4.41. The molecule has 3 heteroatoms. The standard InChI is InChI=1S/C10H16O3/c1-2-9(11)7-5-3-4-6-8-10(12)13/h3-4,6,8-9,11H,2,5,7H2,1H3,(H,12,13)/b4-3-,8-6+. The molecule has 74 valence electrons. The minimum atomic E-state index is -0.946. The predicted octanol–water partition coefficient (Wildman–Crippen LogP) is 1.73. The Labute approximate surface area is 78.4 Å². The minimum absolute atomic E-state index is 0.242. The van der Waals surface area contributed by atoms with Crippen LogP contribution in [0, 0.1) is 0 Å². The fourth-order valence-corrected chi connectivity index (χ4v) is 0.805. The molecule has 0 aliphatic heterocycles. The summed E-state index contributed by atoms with van der Waals surface area (Å²) in [5.74, 6) is -0.946. The van der Waals surface area contributed by atoms with E-state index >= 15 is 0 Å². The maximum absolute atomic E-state index is 10.0. The molecule has 2 N–H and O–H groups in total. The highest BCUT2D eigenvalue weighted by Crippen LogP contribution is 2.01. The Morgan fingerprint density at radius 3 is 2.69 bits per heavy atom. The number of rotatable bonds is 6. The van der Waals surface area contributed by atoms with E-state index in [0.29, 0.717) is 0 Å². The average Bonchev–Trinajstić information content (AvgIpc) is 2.10. The van der Waals surface area contributed by atoms with E-state index in [0.717, 1.165) is 25.3 Å². The molecule has 3 nitrogen and oxygen atoms in total. The smallest absolute Gasteiger partial charge is 0.328 e. The number of aliphatic hydroxyl groups excluding tert-OH is 1. The van der Waals surface area contributed by atoms with E-state index in [1.165, 1.54) is 6.08 Å². The van der Waals surface area contributed by atoms with E-state index in [4.69, 9.17) is 10.2 Å². The third-order valence-corrected chi connectivity index (χ3v) is 1.62. The van der Waals surface area contributed by atoms with E-state index in [2.05, 4.69) is 0 Å². The zero-order valence-electron chi connectivity index (χ0n) is 7.81. The van der Waals surface area contributed by atoms with Crippen molar-refractivity contribution in [3.63, 3.8) is 0 Å². The van der Waals surface area contributed by atoms with Gasteiger partial charge in [0.15, 0.2) is 0 Å². The molecule has 0 saturated carbocycles. The second-order valence-electron chi connectivity index (χ2n) is 2.76. The van der Waals surface area contributed by atoms with Crippen LogP contribution in [0.15, 0.2) is 24.3 Å². The van der Waals surface area contributed by atoms with Crippen LogP contribution in [0.2, 0.25) is 0 Å².